The van der Waals surface area contributed by atoms with Crippen LogP contribution in [-0.2, 0) is 27.3 Å². The number of esters is 1. The van der Waals surface area contributed by atoms with Crippen LogP contribution in [0.4, 0.5) is 0 Å². The average Bonchev–Trinajstić information content (AvgIpc) is 2.67. The summed E-state index contributed by atoms with van der Waals surface area (Å²) in [5.74, 6) is -0.450. The van der Waals surface area contributed by atoms with Crippen LogP contribution >= 0.6 is 11.6 Å². The molecule has 2 atom stereocenters. The van der Waals surface area contributed by atoms with Crippen LogP contribution in [0.2, 0.25) is 5.02 Å². The fraction of sp³-hybridized carbons (Fsp3) is 0.333. The summed E-state index contributed by atoms with van der Waals surface area (Å²) < 4.78 is 4.95. The van der Waals surface area contributed by atoms with E-state index >= 15 is 0 Å². The maximum Gasteiger partial charge on any atom is 0.323 e. The smallest absolute Gasteiger partial charge is 0.323 e. The molecule has 5 nitrogen and oxygen atoms in total. The van der Waals surface area contributed by atoms with Crippen LogP contribution in [0.25, 0.3) is 0 Å². The van der Waals surface area contributed by atoms with Gasteiger partial charge in [-0.15, -0.1) is 0 Å². The minimum atomic E-state index is -0.457. The molecule has 27 heavy (non-hydrogen) atoms. The Balaban J connectivity index is 1.69. The number of hydrogen-bond donors (Lipinski definition) is 1. The van der Waals surface area contributed by atoms with Gasteiger partial charge < -0.3 is 10.1 Å². The molecule has 1 heterocycles. The molecule has 0 radical (unpaired) electrons. The van der Waals surface area contributed by atoms with Crippen molar-refractivity contribution >= 4 is 23.5 Å². The van der Waals surface area contributed by atoms with Gasteiger partial charge in [0.25, 0.3) is 0 Å². The minimum Gasteiger partial charge on any atom is -0.468 e. The fourth-order valence-electron chi connectivity index (χ4n) is 3.42. The number of nitrogens with one attached hydrogen (secondary N) is 1. The predicted octanol–water partition coefficient (Wildman–Crippen LogP) is 3.12. The van der Waals surface area contributed by atoms with E-state index in [-0.39, 0.29) is 24.5 Å². The molecular formula is C21H23ClN2O3. The quantitative estimate of drug-likeness (QED) is 0.802. The van der Waals surface area contributed by atoms with E-state index in [9.17, 15) is 9.59 Å². The predicted molar refractivity (Wildman–Crippen MR) is 104 cm³/mol. The zero-order valence-electron chi connectivity index (χ0n) is 15.4. The van der Waals surface area contributed by atoms with E-state index in [0.29, 0.717) is 18.0 Å². The molecule has 0 saturated heterocycles. The topological polar surface area (TPSA) is 58.6 Å². The summed E-state index contributed by atoms with van der Waals surface area (Å²) in [6, 6.07) is 14.8. The van der Waals surface area contributed by atoms with E-state index in [0.717, 1.165) is 16.7 Å². The molecule has 1 amide bonds. The van der Waals surface area contributed by atoms with E-state index in [1.54, 1.807) is 12.1 Å². The number of hydrogen-bond acceptors (Lipinski definition) is 4. The van der Waals surface area contributed by atoms with Crippen LogP contribution in [0, 0.1) is 0 Å². The van der Waals surface area contributed by atoms with E-state index in [2.05, 4.69) is 5.32 Å². The van der Waals surface area contributed by atoms with Crippen LogP contribution in [0.15, 0.2) is 48.5 Å². The lowest BCUT2D eigenvalue weighted by molar-refractivity contribution is -0.148. The van der Waals surface area contributed by atoms with Crippen molar-refractivity contribution in [3.8, 4) is 0 Å². The SMILES string of the molecule is COC(=O)C1Cc2ccccc2CN1CC(=O)NC(C)c1ccc(Cl)cc1. The van der Waals surface area contributed by atoms with Gasteiger partial charge in [-0.3, -0.25) is 14.5 Å². The molecule has 0 aliphatic carbocycles. The minimum absolute atomic E-state index is 0.131. The Morgan fingerprint density at radius 1 is 1.19 bits per heavy atom. The number of amides is 1. The van der Waals surface area contributed by atoms with Gasteiger partial charge in [-0.25, -0.2) is 0 Å². The average molecular weight is 387 g/mol. The standard InChI is InChI=1S/C21H23ClN2O3/c1-14(15-7-9-18(22)10-8-15)23-20(25)13-24-12-17-6-4-3-5-16(17)11-19(24)21(26)27-2/h3-10,14,19H,11-13H2,1-2H3,(H,23,25). The molecule has 0 bridgehead atoms. The molecule has 2 aromatic rings. The van der Waals surface area contributed by atoms with Gasteiger partial charge in [0, 0.05) is 11.6 Å². The molecule has 1 aliphatic rings. The normalized spacial score (nSPS) is 17.7. The monoisotopic (exact) mass is 386 g/mol. The van der Waals surface area contributed by atoms with Crippen molar-refractivity contribution in [2.45, 2.75) is 32.0 Å². The number of nitrogens with zero attached hydrogens (tertiary/aromatic N) is 1. The highest BCUT2D eigenvalue weighted by molar-refractivity contribution is 6.30. The fourth-order valence-corrected chi connectivity index (χ4v) is 3.54. The first-order valence-electron chi connectivity index (χ1n) is 8.91. The summed E-state index contributed by atoms with van der Waals surface area (Å²) in [5.41, 5.74) is 3.23. The number of ether oxygens (including phenoxy) is 1. The lowest BCUT2D eigenvalue weighted by Gasteiger charge is -2.34. The number of carbonyl (C=O) groups is 2. The van der Waals surface area contributed by atoms with Crippen LogP contribution in [0.1, 0.15) is 29.7 Å². The number of halogens is 1. The zero-order valence-corrected chi connectivity index (χ0v) is 16.2. The summed E-state index contributed by atoms with van der Waals surface area (Å²) in [5, 5.41) is 3.65. The number of methoxy groups -OCH3 is 1. The number of benzene rings is 2. The number of rotatable bonds is 5. The summed E-state index contributed by atoms with van der Waals surface area (Å²) in [4.78, 5) is 26.7. The van der Waals surface area contributed by atoms with Crippen molar-refractivity contribution in [1.82, 2.24) is 10.2 Å². The second kappa shape index (κ2) is 8.55. The van der Waals surface area contributed by atoms with E-state index in [4.69, 9.17) is 16.3 Å². The highest BCUT2D eigenvalue weighted by Gasteiger charge is 2.33. The molecule has 0 saturated carbocycles. The lowest BCUT2D eigenvalue weighted by Crippen LogP contribution is -2.50. The van der Waals surface area contributed by atoms with Crippen molar-refractivity contribution < 1.29 is 14.3 Å². The Morgan fingerprint density at radius 2 is 1.85 bits per heavy atom. The second-order valence-corrected chi connectivity index (χ2v) is 7.19. The van der Waals surface area contributed by atoms with Crippen molar-refractivity contribution in [2.24, 2.45) is 0 Å². The highest BCUT2D eigenvalue weighted by Crippen LogP contribution is 2.24. The Hall–Kier alpha value is -2.37. The molecule has 3 rings (SSSR count). The van der Waals surface area contributed by atoms with E-state index in [1.807, 2.05) is 48.2 Å². The Morgan fingerprint density at radius 3 is 2.52 bits per heavy atom. The lowest BCUT2D eigenvalue weighted by atomic mass is 9.94. The van der Waals surface area contributed by atoms with E-state index < -0.39 is 6.04 Å². The number of fused-ring (bicyclic) bond motifs is 1. The molecule has 6 heteroatoms. The molecule has 0 spiro atoms. The Labute approximate surface area is 164 Å². The zero-order chi connectivity index (χ0) is 19.4. The van der Waals surface area contributed by atoms with Crippen LogP contribution < -0.4 is 5.32 Å². The molecule has 0 fully saturated rings. The van der Waals surface area contributed by atoms with Crippen molar-refractivity contribution in [1.29, 1.82) is 0 Å². The van der Waals surface area contributed by atoms with Gasteiger partial charge in [-0.2, -0.15) is 0 Å². The van der Waals surface area contributed by atoms with Gasteiger partial charge in [-0.1, -0.05) is 48.0 Å². The summed E-state index contributed by atoms with van der Waals surface area (Å²) >= 11 is 5.91. The molecule has 1 N–H and O–H groups in total. The molecule has 0 aromatic heterocycles. The van der Waals surface area contributed by atoms with Crippen LogP contribution in [0.3, 0.4) is 0 Å². The Kier molecular flexibility index (Phi) is 6.14. The Bertz CT molecular complexity index is 822. The molecule has 142 valence electrons. The second-order valence-electron chi connectivity index (χ2n) is 6.76. The maximum absolute atomic E-state index is 12.6. The van der Waals surface area contributed by atoms with Crippen molar-refractivity contribution in [3.63, 3.8) is 0 Å². The van der Waals surface area contributed by atoms with Crippen LogP contribution in [0.5, 0.6) is 0 Å². The summed E-state index contributed by atoms with van der Waals surface area (Å²) in [7, 11) is 1.38. The summed E-state index contributed by atoms with van der Waals surface area (Å²) in [6.45, 7) is 2.59. The summed E-state index contributed by atoms with van der Waals surface area (Å²) in [6.07, 6.45) is 0.545. The first kappa shape index (κ1) is 19.4. The highest BCUT2D eigenvalue weighted by atomic mass is 35.5. The van der Waals surface area contributed by atoms with Gasteiger partial charge in [-0.05, 0) is 42.2 Å². The van der Waals surface area contributed by atoms with Gasteiger partial charge in [0.1, 0.15) is 6.04 Å². The van der Waals surface area contributed by atoms with Gasteiger partial charge in [0.2, 0.25) is 5.91 Å². The third kappa shape index (κ3) is 4.67. The maximum atomic E-state index is 12.6. The molecular weight excluding hydrogens is 364 g/mol. The largest absolute Gasteiger partial charge is 0.468 e. The number of carbonyl (C=O) groups excluding carboxylic acids is 2. The van der Waals surface area contributed by atoms with Crippen molar-refractivity contribution in [3.05, 3.63) is 70.2 Å². The van der Waals surface area contributed by atoms with E-state index in [1.165, 1.54) is 7.11 Å². The third-order valence-electron chi connectivity index (χ3n) is 4.91. The van der Waals surface area contributed by atoms with Crippen molar-refractivity contribution in [2.75, 3.05) is 13.7 Å². The molecule has 2 unspecified atom stereocenters. The van der Waals surface area contributed by atoms with Gasteiger partial charge in [0.05, 0.1) is 19.7 Å². The first-order chi connectivity index (χ1) is 13.0. The van der Waals surface area contributed by atoms with Gasteiger partial charge in [0.15, 0.2) is 0 Å². The van der Waals surface area contributed by atoms with Crippen LogP contribution in [-0.4, -0.2) is 36.5 Å². The van der Waals surface area contributed by atoms with Gasteiger partial charge >= 0.3 is 5.97 Å². The third-order valence-corrected chi connectivity index (χ3v) is 5.17. The first-order valence-corrected chi connectivity index (χ1v) is 9.29. The molecule has 1 aliphatic heterocycles. The molecule has 2 aromatic carbocycles.